The van der Waals surface area contributed by atoms with Gasteiger partial charge < -0.3 is 14.6 Å². The number of fused-ring (bicyclic) bond motifs is 1. The van der Waals surface area contributed by atoms with E-state index in [0.29, 0.717) is 4.60 Å². The molecule has 0 amide bonds. The highest BCUT2D eigenvalue weighted by atomic mass is 79.9. The Kier molecular flexibility index (Phi) is 2.78. The molecule has 0 radical (unpaired) electrons. The molecule has 0 saturated carbocycles. The smallest absolute Gasteiger partial charge is 0.231 e. The molecule has 0 bridgehead atoms. The lowest BCUT2D eigenvalue weighted by molar-refractivity contribution is 0.174. The largest absolute Gasteiger partial charge is 0.454 e. The molecule has 1 aromatic heterocycles. The Morgan fingerprint density at radius 3 is 2.94 bits per heavy atom. The van der Waals surface area contributed by atoms with Gasteiger partial charge in [0.15, 0.2) is 11.5 Å². The summed E-state index contributed by atoms with van der Waals surface area (Å²) >= 11 is 4.77. The first-order chi connectivity index (χ1) is 8.28. The van der Waals surface area contributed by atoms with Gasteiger partial charge in [-0.3, -0.25) is 0 Å². The van der Waals surface area contributed by atoms with Crippen molar-refractivity contribution >= 4 is 27.3 Å². The van der Waals surface area contributed by atoms with Gasteiger partial charge in [0.05, 0.1) is 11.5 Å². The van der Waals surface area contributed by atoms with E-state index in [4.69, 9.17) is 14.6 Å². The molecule has 2 heterocycles. The molecule has 3 rings (SSSR count). The Hall–Kier alpha value is -1.11. The lowest BCUT2D eigenvalue weighted by Gasteiger charge is -1.98. The fourth-order valence-electron chi connectivity index (χ4n) is 1.58. The summed E-state index contributed by atoms with van der Waals surface area (Å²) < 4.78 is 11.3. The number of aromatic nitrogens is 1. The standard InChI is InChI=1S/C11H8BrNO3S/c12-10-9(4-14)17-11(13-10)6-1-2-7-8(3-6)16-5-15-7/h1-3,14H,4-5H2. The summed E-state index contributed by atoms with van der Waals surface area (Å²) in [5.41, 5.74) is 0.958. The van der Waals surface area contributed by atoms with Crippen LogP contribution in [0, 0.1) is 0 Å². The van der Waals surface area contributed by atoms with Crippen LogP contribution in [-0.2, 0) is 6.61 Å². The van der Waals surface area contributed by atoms with Crippen molar-refractivity contribution < 1.29 is 14.6 Å². The predicted molar refractivity (Wildman–Crippen MR) is 67.3 cm³/mol. The summed E-state index contributed by atoms with van der Waals surface area (Å²) in [7, 11) is 0. The van der Waals surface area contributed by atoms with Crippen molar-refractivity contribution in [3.63, 3.8) is 0 Å². The van der Waals surface area contributed by atoms with E-state index in [1.807, 2.05) is 18.2 Å². The van der Waals surface area contributed by atoms with Crippen LogP contribution in [-0.4, -0.2) is 16.9 Å². The second-order valence-electron chi connectivity index (χ2n) is 3.46. The molecule has 1 aliphatic rings. The number of nitrogens with zero attached hydrogens (tertiary/aromatic N) is 1. The first-order valence-electron chi connectivity index (χ1n) is 4.94. The summed E-state index contributed by atoms with van der Waals surface area (Å²) in [6.07, 6.45) is 0. The molecule has 1 N–H and O–H groups in total. The number of hydrogen-bond donors (Lipinski definition) is 1. The lowest BCUT2D eigenvalue weighted by atomic mass is 10.2. The molecule has 6 heteroatoms. The Labute approximate surface area is 110 Å². The molecular formula is C11H8BrNO3S. The number of hydrogen-bond acceptors (Lipinski definition) is 5. The average molecular weight is 314 g/mol. The van der Waals surface area contributed by atoms with Gasteiger partial charge in [0.1, 0.15) is 9.61 Å². The fourth-order valence-corrected chi connectivity index (χ4v) is 3.06. The second kappa shape index (κ2) is 4.29. The van der Waals surface area contributed by atoms with Crippen LogP contribution in [0.15, 0.2) is 22.8 Å². The summed E-state index contributed by atoms with van der Waals surface area (Å²) in [5.74, 6) is 1.49. The average Bonchev–Trinajstić information content (AvgIpc) is 2.93. The maximum absolute atomic E-state index is 9.13. The molecule has 0 unspecified atom stereocenters. The predicted octanol–water partition coefficient (Wildman–Crippen LogP) is 2.79. The number of ether oxygens (including phenoxy) is 2. The molecular weight excluding hydrogens is 306 g/mol. The van der Waals surface area contributed by atoms with Gasteiger partial charge in [-0.1, -0.05) is 0 Å². The van der Waals surface area contributed by atoms with Crippen LogP contribution >= 0.6 is 27.3 Å². The minimum absolute atomic E-state index is 0.0111. The van der Waals surface area contributed by atoms with Gasteiger partial charge in [0, 0.05) is 5.56 Å². The fraction of sp³-hybridized carbons (Fsp3) is 0.182. The van der Waals surface area contributed by atoms with Crippen LogP contribution in [0.3, 0.4) is 0 Å². The molecule has 0 saturated heterocycles. The third kappa shape index (κ3) is 1.92. The Morgan fingerprint density at radius 1 is 1.35 bits per heavy atom. The number of thiazole rings is 1. The number of aliphatic hydroxyl groups excluding tert-OH is 1. The number of rotatable bonds is 2. The van der Waals surface area contributed by atoms with Crippen LogP contribution in [0.25, 0.3) is 10.6 Å². The van der Waals surface area contributed by atoms with E-state index >= 15 is 0 Å². The highest BCUT2D eigenvalue weighted by Crippen LogP contribution is 2.38. The zero-order valence-electron chi connectivity index (χ0n) is 8.64. The van der Waals surface area contributed by atoms with Crippen molar-refractivity contribution in [2.24, 2.45) is 0 Å². The van der Waals surface area contributed by atoms with E-state index in [2.05, 4.69) is 20.9 Å². The molecule has 88 valence electrons. The third-order valence-electron chi connectivity index (χ3n) is 2.41. The summed E-state index contributed by atoms with van der Waals surface area (Å²) in [5, 5.41) is 9.98. The molecule has 17 heavy (non-hydrogen) atoms. The molecule has 0 fully saturated rings. The van der Waals surface area contributed by atoms with Crippen molar-refractivity contribution in [1.82, 2.24) is 4.98 Å². The van der Waals surface area contributed by atoms with Gasteiger partial charge in [-0.25, -0.2) is 4.98 Å². The summed E-state index contributed by atoms with van der Waals surface area (Å²) in [4.78, 5) is 5.17. The highest BCUT2D eigenvalue weighted by molar-refractivity contribution is 9.10. The highest BCUT2D eigenvalue weighted by Gasteiger charge is 2.16. The monoisotopic (exact) mass is 313 g/mol. The molecule has 4 nitrogen and oxygen atoms in total. The minimum Gasteiger partial charge on any atom is -0.454 e. The maximum atomic E-state index is 9.13. The van der Waals surface area contributed by atoms with E-state index in [0.717, 1.165) is 26.9 Å². The van der Waals surface area contributed by atoms with Crippen LogP contribution in [0.4, 0.5) is 0 Å². The van der Waals surface area contributed by atoms with Gasteiger partial charge in [-0.2, -0.15) is 0 Å². The van der Waals surface area contributed by atoms with E-state index < -0.39 is 0 Å². The lowest BCUT2D eigenvalue weighted by Crippen LogP contribution is -1.92. The van der Waals surface area contributed by atoms with Crippen molar-refractivity contribution in [2.45, 2.75) is 6.61 Å². The van der Waals surface area contributed by atoms with Gasteiger partial charge in [-0.05, 0) is 34.1 Å². The first-order valence-corrected chi connectivity index (χ1v) is 6.55. The summed E-state index contributed by atoms with van der Waals surface area (Å²) in [6.45, 7) is 0.255. The number of benzene rings is 1. The first kappa shape index (κ1) is 11.0. The zero-order chi connectivity index (χ0) is 11.8. The SMILES string of the molecule is OCc1sc(-c2ccc3c(c2)OCO3)nc1Br. The Balaban J connectivity index is 2.03. The maximum Gasteiger partial charge on any atom is 0.231 e. The third-order valence-corrected chi connectivity index (χ3v) is 4.42. The van der Waals surface area contributed by atoms with E-state index in [1.165, 1.54) is 11.3 Å². The molecule has 0 atom stereocenters. The molecule has 0 spiro atoms. The molecule has 1 aliphatic heterocycles. The van der Waals surface area contributed by atoms with Crippen molar-refractivity contribution in [2.75, 3.05) is 6.79 Å². The Bertz CT molecular complexity index is 570. The molecule has 0 aliphatic carbocycles. The van der Waals surface area contributed by atoms with E-state index in [-0.39, 0.29) is 13.4 Å². The van der Waals surface area contributed by atoms with Crippen LogP contribution in [0.5, 0.6) is 11.5 Å². The van der Waals surface area contributed by atoms with Gasteiger partial charge in [0.25, 0.3) is 0 Å². The quantitative estimate of drug-likeness (QED) is 0.926. The van der Waals surface area contributed by atoms with Crippen LogP contribution in [0.1, 0.15) is 4.88 Å². The molecule has 1 aromatic carbocycles. The number of aliphatic hydroxyl groups is 1. The minimum atomic E-state index is -0.0111. The van der Waals surface area contributed by atoms with Crippen molar-refractivity contribution in [3.8, 4) is 22.1 Å². The van der Waals surface area contributed by atoms with Gasteiger partial charge >= 0.3 is 0 Å². The van der Waals surface area contributed by atoms with E-state index in [9.17, 15) is 0 Å². The van der Waals surface area contributed by atoms with Crippen molar-refractivity contribution in [3.05, 3.63) is 27.7 Å². The van der Waals surface area contributed by atoms with Gasteiger partial charge in [-0.15, -0.1) is 11.3 Å². The topological polar surface area (TPSA) is 51.6 Å². The molecule has 2 aromatic rings. The van der Waals surface area contributed by atoms with E-state index in [1.54, 1.807) is 0 Å². The van der Waals surface area contributed by atoms with Crippen LogP contribution in [0.2, 0.25) is 0 Å². The second-order valence-corrected chi connectivity index (χ2v) is 5.29. The van der Waals surface area contributed by atoms with Gasteiger partial charge in [0.2, 0.25) is 6.79 Å². The zero-order valence-corrected chi connectivity index (χ0v) is 11.0. The number of halogens is 1. The van der Waals surface area contributed by atoms with Crippen LogP contribution < -0.4 is 9.47 Å². The Morgan fingerprint density at radius 2 is 2.18 bits per heavy atom. The van der Waals surface area contributed by atoms with Crippen molar-refractivity contribution in [1.29, 1.82) is 0 Å². The normalized spacial score (nSPS) is 13.1. The summed E-state index contributed by atoms with van der Waals surface area (Å²) in [6, 6.07) is 5.69.